The summed E-state index contributed by atoms with van der Waals surface area (Å²) in [6.07, 6.45) is 3.57. The highest BCUT2D eigenvalue weighted by molar-refractivity contribution is 5.40. The largest absolute Gasteiger partial charge is 0.399 e. The summed E-state index contributed by atoms with van der Waals surface area (Å²) < 4.78 is 0. The fourth-order valence-electron chi connectivity index (χ4n) is 2.00. The minimum absolute atomic E-state index is 0.870. The quantitative estimate of drug-likeness (QED) is 0.716. The number of nitrogens with two attached hydrogens (primary N) is 1. The molecule has 0 atom stereocenters. The molecular weight excluding hydrogens is 196 g/mol. The van der Waals surface area contributed by atoms with E-state index in [0.717, 1.165) is 18.7 Å². The molecule has 0 fully saturated rings. The van der Waals surface area contributed by atoms with Crippen LogP contribution in [0.3, 0.4) is 0 Å². The molecule has 0 bridgehead atoms. The zero-order valence-corrected chi connectivity index (χ0v) is 10.6. The third kappa shape index (κ3) is 4.67. The minimum Gasteiger partial charge on any atom is -0.399 e. The summed E-state index contributed by atoms with van der Waals surface area (Å²) in [5, 5.41) is 0. The van der Waals surface area contributed by atoms with E-state index in [1.54, 1.807) is 0 Å². The van der Waals surface area contributed by atoms with Crippen molar-refractivity contribution in [2.24, 2.45) is 0 Å². The number of hydrogen-bond donors (Lipinski definition) is 1. The molecule has 0 radical (unpaired) electrons. The molecule has 1 aromatic carbocycles. The lowest BCUT2D eigenvalue weighted by atomic mass is 10.1. The van der Waals surface area contributed by atoms with Gasteiger partial charge in [-0.25, -0.2) is 0 Å². The summed E-state index contributed by atoms with van der Waals surface area (Å²) in [4.78, 5) is 2.53. The highest BCUT2D eigenvalue weighted by Crippen LogP contribution is 2.08. The number of hydrogen-bond acceptors (Lipinski definition) is 2. The zero-order chi connectivity index (χ0) is 11.8. The molecular formula is C14H24N2. The Hall–Kier alpha value is -1.02. The first kappa shape index (κ1) is 13.0. The van der Waals surface area contributed by atoms with Gasteiger partial charge in [-0.15, -0.1) is 0 Å². The van der Waals surface area contributed by atoms with Gasteiger partial charge < -0.3 is 10.6 Å². The molecule has 0 aliphatic rings. The van der Waals surface area contributed by atoms with Crippen LogP contribution < -0.4 is 5.73 Å². The topological polar surface area (TPSA) is 29.3 Å². The summed E-state index contributed by atoms with van der Waals surface area (Å²) >= 11 is 0. The van der Waals surface area contributed by atoms with E-state index in [1.165, 1.54) is 31.5 Å². The molecule has 2 nitrogen and oxygen atoms in total. The fraction of sp³-hybridized carbons (Fsp3) is 0.571. The molecule has 0 aliphatic heterocycles. The van der Waals surface area contributed by atoms with Crippen molar-refractivity contribution < 1.29 is 0 Å². The fourth-order valence-corrected chi connectivity index (χ4v) is 2.00. The van der Waals surface area contributed by atoms with E-state index in [1.807, 2.05) is 12.1 Å². The number of nitrogen functional groups attached to an aromatic ring is 1. The van der Waals surface area contributed by atoms with Crippen LogP contribution in [0.25, 0.3) is 0 Å². The van der Waals surface area contributed by atoms with E-state index in [4.69, 9.17) is 5.73 Å². The molecule has 16 heavy (non-hydrogen) atoms. The van der Waals surface area contributed by atoms with E-state index >= 15 is 0 Å². The molecule has 0 aromatic heterocycles. The van der Waals surface area contributed by atoms with Crippen molar-refractivity contribution in [1.82, 2.24) is 4.90 Å². The summed E-state index contributed by atoms with van der Waals surface area (Å²) in [6, 6.07) is 8.22. The average Bonchev–Trinajstić information content (AvgIpc) is 2.27. The van der Waals surface area contributed by atoms with Crippen LogP contribution in [0.4, 0.5) is 5.69 Å². The van der Waals surface area contributed by atoms with E-state index in [0.29, 0.717) is 0 Å². The molecule has 0 saturated heterocycles. The Morgan fingerprint density at radius 2 is 1.75 bits per heavy atom. The Morgan fingerprint density at radius 3 is 2.31 bits per heavy atom. The van der Waals surface area contributed by atoms with Gasteiger partial charge in [0.1, 0.15) is 0 Å². The molecule has 0 amide bonds. The first-order valence-electron chi connectivity index (χ1n) is 6.33. The Kier molecular flexibility index (Phi) is 5.94. The third-order valence-electron chi connectivity index (χ3n) is 2.75. The smallest absolute Gasteiger partial charge is 0.0316 e. The van der Waals surface area contributed by atoms with Gasteiger partial charge in [-0.1, -0.05) is 26.0 Å². The summed E-state index contributed by atoms with van der Waals surface area (Å²) in [5.74, 6) is 0. The third-order valence-corrected chi connectivity index (χ3v) is 2.75. The van der Waals surface area contributed by atoms with Crippen molar-refractivity contribution in [3.63, 3.8) is 0 Å². The number of rotatable bonds is 7. The maximum absolute atomic E-state index is 5.77. The highest BCUT2D eigenvalue weighted by atomic mass is 15.1. The van der Waals surface area contributed by atoms with Crippen molar-refractivity contribution in [3.05, 3.63) is 29.8 Å². The van der Waals surface area contributed by atoms with Crippen LogP contribution in [0.1, 0.15) is 32.3 Å². The van der Waals surface area contributed by atoms with Crippen LogP contribution in [0.15, 0.2) is 24.3 Å². The van der Waals surface area contributed by atoms with Crippen LogP contribution >= 0.6 is 0 Å². The lowest BCUT2D eigenvalue weighted by Crippen LogP contribution is -2.27. The Labute approximate surface area is 99.5 Å². The van der Waals surface area contributed by atoms with Gasteiger partial charge in [-0.2, -0.15) is 0 Å². The maximum Gasteiger partial charge on any atom is 0.0316 e. The second kappa shape index (κ2) is 7.29. The van der Waals surface area contributed by atoms with Gasteiger partial charge >= 0.3 is 0 Å². The molecule has 2 N–H and O–H groups in total. The molecule has 0 aliphatic carbocycles. The molecule has 2 heteroatoms. The van der Waals surface area contributed by atoms with Gasteiger partial charge in [0.2, 0.25) is 0 Å². The van der Waals surface area contributed by atoms with E-state index in [2.05, 4.69) is 30.9 Å². The molecule has 0 unspecified atom stereocenters. The second-order valence-corrected chi connectivity index (χ2v) is 4.34. The Morgan fingerprint density at radius 1 is 1.06 bits per heavy atom. The van der Waals surface area contributed by atoms with Crippen molar-refractivity contribution in [2.75, 3.05) is 25.4 Å². The van der Waals surface area contributed by atoms with Gasteiger partial charge in [-0.3, -0.25) is 0 Å². The van der Waals surface area contributed by atoms with Gasteiger partial charge in [0.05, 0.1) is 0 Å². The van der Waals surface area contributed by atoms with E-state index < -0.39 is 0 Å². The molecule has 1 rings (SSSR count). The average molecular weight is 220 g/mol. The monoisotopic (exact) mass is 220 g/mol. The van der Waals surface area contributed by atoms with Gasteiger partial charge in [0.25, 0.3) is 0 Å². The Bertz CT molecular complexity index is 291. The predicted octanol–water partition coefficient (Wildman–Crippen LogP) is 2.93. The lowest BCUT2D eigenvalue weighted by molar-refractivity contribution is 0.278. The van der Waals surface area contributed by atoms with E-state index in [-0.39, 0.29) is 0 Å². The first-order chi connectivity index (χ1) is 7.76. The van der Waals surface area contributed by atoms with Crippen molar-refractivity contribution in [3.8, 4) is 0 Å². The summed E-state index contributed by atoms with van der Waals surface area (Å²) in [6.45, 7) is 8.03. The van der Waals surface area contributed by atoms with Gasteiger partial charge in [-0.05, 0) is 50.0 Å². The van der Waals surface area contributed by atoms with E-state index in [9.17, 15) is 0 Å². The molecule has 0 spiro atoms. The zero-order valence-electron chi connectivity index (χ0n) is 10.6. The Balaban J connectivity index is 2.41. The minimum atomic E-state index is 0.870. The van der Waals surface area contributed by atoms with Gasteiger partial charge in [0.15, 0.2) is 0 Å². The van der Waals surface area contributed by atoms with Crippen molar-refractivity contribution in [1.29, 1.82) is 0 Å². The SMILES string of the molecule is CCCN(CCC)CCc1cccc(N)c1. The molecule has 90 valence electrons. The summed E-state index contributed by atoms with van der Waals surface area (Å²) in [5.41, 5.74) is 7.98. The number of nitrogens with zero attached hydrogens (tertiary/aromatic N) is 1. The molecule has 1 aromatic rings. The lowest BCUT2D eigenvalue weighted by Gasteiger charge is -2.20. The highest BCUT2D eigenvalue weighted by Gasteiger charge is 2.02. The summed E-state index contributed by atoms with van der Waals surface area (Å²) in [7, 11) is 0. The molecule has 0 saturated carbocycles. The normalized spacial score (nSPS) is 10.9. The standard InChI is InChI=1S/C14H24N2/c1-3-9-16(10-4-2)11-8-13-6-5-7-14(15)12-13/h5-7,12H,3-4,8-11,15H2,1-2H3. The van der Waals surface area contributed by atoms with Gasteiger partial charge in [0, 0.05) is 12.2 Å². The second-order valence-electron chi connectivity index (χ2n) is 4.34. The van der Waals surface area contributed by atoms with Crippen LogP contribution in [0.2, 0.25) is 0 Å². The van der Waals surface area contributed by atoms with Crippen LogP contribution in [0, 0.1) is 0 Å². The van der Waals surface area contributed by atoms with Crippen molar-refractivity contribution >= 4 is 5.69 Å². The number of anilines is 1. The van der Waals surface area contributed by atoms with Crippen molar-refractivity contribution in [2.45, 2.75) is 33.1 Å². The van der Waals surface area contributed by atoms with Crippen LogP contribution in [-0.4, -0.2) is 24.5 Å². The predicted molar refractivity (Wildman–Crippen MR) is 71.6 cm³/mol. The maximum atomic E-state index is 5.77. The van der Waals surface area contributed by atoms with Crippen LogP contribution in [-0.2, 0) is 6.42 Å². The first-order valence-corrected chi connectivity index (χ1v) is 6.33. The molecule has 0 heterocycles. The van der Waals surface area contributed by atoms with Crippen LogP contribution in [0.5, 0.6) is 0 Å². The number of benzene rings is 1.